The summed E-state index contributed by atoms with van der Waals surface area (Å²) in [7, 11) is 0. The predicted molar refractivity (Wildman–Crippen MR) is 84.9 cm³/mol. The first-order valence-electron chi connectivity index (χ1n) is 8.25. The van der Waals surface area contributed by atoms with Crippen LogP contribution >= 0.6 is 0 Å². The van der Waals surface area contributed by atoms with Gasteiger partial charge in [0.25, 0.3) is 0 Å². The van der Waals surface area contributed by atoms with Crippen LogP contribution in [-0.4, -0.2) is 29.1 Å². The first kappa shape index (κ1) is 15.5. The molecule has 2 heteroatoms. The van der Waals surface area contributed by atoms with Crippen LogP contribution in [0.25, 0.3) is 0 Å². The highest BCUT2D eigenvalue weighted by molar-refractivity contribution is 5.24. The highest BCUT2D eigenvalue weighted by Gasteiger charge is 2.22. The molecule has 1 heterocycles. The van der Waals surface area contributed by atoms with Crippen LogP contribution < -0.4 is 0 Å². The fourth-order valence-corrected chi connectivity index (χ4v) is 3.24. The maximum atomic E-state index is 10.5. The monoisotopic (exact) mass is 275 g/mol. The van der Waals surface area contributed by atoms with Crippen LogP contribution in [0.4, 0.5) is 0 Å². The number of aliphatic hydroxyl groups is 1. The van der Waals surface area contributed by atoms with Crippen molar-refractivity contribution in [1.29, 1.82) is 0 Å². The third-order valence-corrected chi connectivity index (χ3v) is 4.65. The van der Waals surface area contributed by atoms with Gasteiger partial charge in [0.2, 0.25) is 0 Å². The minimum atomic E-state index is -0.354. The van der Waals surface area contributed by atoms with Crippen molar-refractivity contribution >= 4 is 0 Å². The van der Waals surface area contributed by atoms with Crippen molar-refractivity contribution in [2.24, 2.45) is 0 Å². The molecule has 1 aliphatic heterocycles. The van der Waals surface area contributed by atoms with Gasteiger partial charge in [0.05, 0.1) is 6.10 Å². The molecule has 20 heavy (non-hydrogen) atoms. The van der Waals surface area contributed by atoms with E-state index in [-0.39, 0.29) is 6.10 Å². The molecule has 1 aromatic rings. The average molecular weight is 275 g/mol. The zero-order valence-corrected chi connectivity index (χ0v) is 13.0. The molecule has 1 fully saturated rings. The SMILES string of the molecule is CCc1ccc(C(O)CN2CCCCCC2CC)cc1. The quantitative estimate of drug-likeness (QED) is 0.880. The third-order valence-electron chi connectivity index (χ3n) is 4.65. The lowest BCUT2D eigenvalue weighted by molar-refractivity contribution is 0.0865. The van der Waals surface area contributed by atoms with E-state index >= 15 is 0 Å². The Kier molecular flexibility index (Phi) is 6.06. The van der Waals surface area contributed by atoms with Gasteiger partial charge in [-0.25, -0.2) is 0 Å². The molecule has 0 radical (unpaired) electrons. The van der Waals surface area contributed by atoms with Gasteiger partial charge in [-0.1, -0.05) is 51.0 Å². The molecule has 2 atom stereocenters. The molecule has 0 aromatic heterocycles. The Hall–Kier alpha value is -0.860. The summed E-state index contributed by atoms with van der Waals surface area (Å²) in [5.74, 6) is 0. The molecule has 1 aliphatic rings. The number of likely N-dealkylation sites (tertiary alicyclic amines) is 1. The Morgan fingerprint density at radius 3 is 2.55 bits per heavy atom. The molecule has 0 bridgehead atoms. The average Bonchev–Trinajstić information content (AvgIpc) is 2.72. The highest BCUT2D eigenvalue weighted by atomic mass is 16.3. The van der Waals surface area contributed by atoms with Crippen LogP contribution in [0.3, 0.4) is 0 Å². The van der Waals surface area contributed by atoms with Crippen molar-refractivity contribution in [3.05, 3.63) is 35.4 Å². The van der Waals surface area contributed by atoms with Crippen molar-refractivity contribution < 1.29 is 5.11 Å². The van der Waals surface area contributed by atoms with Crippen molar-refractivity contribution in [2.45, 2.75) is 64.5 Å². The zero-order valence-electron chi connectivity index (χ0n) is 13.0. The van der Waals surface area contributed by atoms with E-state index in [1.54, 1.807) is 0 Å². The second-order valence-electron chi connectivity index (χ2n) is 6.02. The zero-order chi connectivity index (χ0) is 14.4. The van der Waals surface area contributed by atoms with Gasteiger partial charge in [-0.3, -0.25) is 4.90 Å². The summed E-state index contributed by atoms with van der Waals surface area (Å²) in [6.45, 7) is 6.35. The molecule has 2 rings (SSSR count). The number of hydrogen-bond donors (Lipinski definition) is 1. The number of rotatable bonds is 5. The van der Waals surface area contributed by atoms with Crippen molar-refractivity contribution in [2.75, 3.05) is 13.1 Å². The van der Waals surface area contributed by atoms with Crippen LogP contribution in [0.1, 0.15) is 63.2 Å². The Labute approximate surface area is 123 Å². The van der Waals surface area contributed by atoms with Gasteiger partial charge in [-0.05, 0) is 43.4 Å². The van der Waals surface area contributed by atoms with Gasteiger partial charge < -0.3 is 5.11 Å². The Balaban J connectivity index is 1.98. The summed E-state index contributed by atoms with van der Waals surface area (Å²) in [6.07, 6.45) is 7.15. The van der Waals surface area contributed by atoms with E-state index in [1.807, 2.05) is 0 Å². The number of aliphatic hydroxyl groups excluding tert-OH is 1. The largest absolute Gasteiger partial charge is 0.387 e. The maximum absolute atomic E-state index is 10.5. The van der Waals surface area contributed by atoms with Crippen molar-refractivity contribution in [3.63, 3.8) is 0 Å². The van der Waals surface area contributed by atoms with Crippen LogP contribution in [0, 0.1) is 0 Å². The van der Waals surface area contributed by atoms with E-state index in [2.05, 4.69) is 43.0 Å². The van der Waals surface area contributed by atoms with E-state index in [4.69, 9.17) is 0 Å². The lowest BCUT2D eigenvalue weighted by Gasteiger charge is -2.31. The van der Waals surface area contributed by atoms with E-state index in [1.165, 1.54) is 37.7 Å². The highest BCUT2D eigenvalue weighted by Crippen LogP contribution is 2.23. The lowest BCUT2D eigenvalue weighted by atomic mass is 10.0. The Bertz CT molecular complexity index is 387. The normalized spacial score (nSPS) is 22.4. The molecule has 1 N–H and O–H groups in total. The summed E-state index contributed by atoms with van der Waals surface area (Å²) in [5.41, 5.74) is 2.39. The van der Waals surface area contributed by atoms with Crippen LogP contribution in [-0.2, 0) is 6.42 Å². The topological polar surface area (TPSA) is 23.5 Å². The molecule has 0 saturated carbocycles. The predicted octanol–water partition coefficient (Wildman–Crippen LogP) is 3.94. The summed E-state index contributed by atoms with van der Waals surface area (Å²) < 4.78 is 0. The van der Waals surface area contributed by atoms with Crippen LogP contribution in [0.2, 0.25) is 0 Å². The number of nitrogens with zero attached hydrogens (tertiary/aromatic N) is 1. The summed E-state index contributed by atoms with van der Waals surface area (Å²) in [5, 5.41) is 10.5. The van der Waals surface area contributed by atoms with Crippen LogP contribution in [0.15, 0.2) is 24.3 Å². The van der Waals surface area contributed by atoms with Gasteiger partial charge >= 0.3 is 0 Å². The first-order chi connectivity index (χ1) is 9.74. The Morgan fingerprint density at radius 2 is 1.90 bits per heavy atom. The van der Waals surface area contributed by atoms with Gasteiger partial charge in [-0.2, -0.15) is 0 Å². The van der Waals surface area contributed by atoms with Gasteiger partial charge in [0.1, 0.15) is 0 Å². The molecule has 2 nitrogen and oxygen atoms in total. The molecule has 1 aromatic carbocycles. The van der Waals surface area contributed by atoms with Crippen molar-refractivity contribution in [1.82, 2.24) is 4.90 Å². The summed E-state index contributed by atoms with van der Waals surface area (Å²) in [6, 6.07) is 9.10. The van der Waals surface area contributed by atoms with Gasteiger partial charge in [0.15, 0.2) is 0 Å². The lowest BCUT2D eigenvalue weighted by Crippen LogP contribution is -2.37. The number of hydrogen-bond acceptors (Lipinski definition) is 2. The molecular formula is C18H29NO. The summed E-state index contributed by atoms with van der Waals surface area (Å²) >= 11 is 0. The smallest absolute Gasteiger partial charge is 0.0917 e. The number of β-amino-alcohol motifs (C(OH)–C–C–N with tert-alkyl or cyclic N) is 1. The van der Waals surface area contributed by atoms with E-state index in [9.17, 15) is 5.11 Å². The van der Waals surface area contributed by atoms with Gasteiger partial charge in [0, 0.05) is 12.6 Å². The molecule has 0 spiro atoms. The third kappa shape index (κ3) is 4.07. The molecule has 0 amide bonds. The minimum Gasteiger partial charge on any atom is -0.387 e. The molecule has 1 saturated heterocycles. The van der Waals surface area contributed by atoms with Gasteiger partial charge in [-0.15, -0.1) is 0 Å². The second-order valence-corrected chi connectivity index (χ2v) is 6.02. The van der Waals surface area contributed by atoms with Crippen molar-refractivity contribution in [3.8, 4) is 0 Å². The molecule has 112 valence electrons. The maximum Gasteiger partial charge on any atom is 0.0917 e. The first-order valence-corrected chi connectivity index (χ1v) is 8.25. The summed E-state index contributed by atoms with van der Waals surface area (Å²) in [4.78, 5) is 2.51. The van der Waals surface area contributed by atoms with E-state index < -0.39 is 0 Å². The second kappa shape index (κ2) is 7.80. The number of aryl methyl sites for hydroxylation is 1. The Morgan fingerprint density at radius 1 is 1.15 bits per heavy atom. The standard InChI is InChI=1S/C18H29NO/c1-3-15-9-11-16(12-10-15)18(20)14-19-13-7-5-6-8-17(19)4-2/h9-12,17-18,20H,3-8,13-14H2,1-2H3. The molecule has 0 aliphatic carbocycles. The minimum absolute atomic E-state index is 0.354. The fourth-order valence-electron chi connectivity index (χ4n) is 3.24. The molecule has 2 unspecified atom stereocenters. The molecular weight excluding hydrogens is 246 g/mol. The number of benzene rings is 1. The van der Waals surface area contributed by atoms with E-state index in [0.717, 1.165) is 25.1 Å². The van der Waals surface area contributed by atoms with Crippen LogP contribution in [0.5, 0.6) is 0 Å². The fraction of sp³-hybridized carbons (Fsp3) is 0.667. The van der Waals surface area contributed by atoms with E-state index in [0.29, 0.717) is 6.04 Å².